The van der Waals surface area contributed by atoms with Crippen molar-refractivity contribution in [2.24, 2.45) is 17.3 Å². The number of ether oxygens (including phenoxy) is 1. The summed E-state index contributed by atoms with van der Waals surface area (Å²) in [6, 6.07) is 8.81. The Kier molecular flexibility index (Phi) is 4.19. The first-order valence-corrected chi connectivity index (χ1v) is 7.34. The first-order chi connectivity index (χ1) is 8.89. The fourth-order valence-electron chi connectivity index (χ4n) is 2.41. The van der Waals surface area contributed by atoms with E-state index in [9.17, 15) is 0 Å². The highest BCUT2D eigenvalue weighted by molar-refractivity contribution is 5.37. The summed E-state index contributed by atoms with van der Waals surface area (Å²) in [4.78, 5) is 0. The van der Waals surface area contributed by atoms with Crippen LogP contribution in [0.5, 0.6) is 5.75 Å². The Morgan fingerprint density at radius 3 is 2.68 bits per heavy atom. The lowest BCUT2D eigenvalue weighted by atomic mass is 9.81. The first-order valence-electron chi connectivity index (χ1n) is 7.34. The van der Waals surface area contributed by atoms with Crippen LogP contribution in [-0.4, -0.2) is 13.2 Å². The van der Waals surface area contributed by atoms with E-state index in [0.717, 1.165) is 18.9 Å². The highest BCUT2D eigenvalue weighted by Gasteiger charge is 2.28. The number of hydrogen-bond donors (Lipinski definition) is 1. The van der Waals surface area contributed by atoms with Crippen molar-refractivity contribution < 1.29 is 4.74 Å². The summed E-state index contributed by atoms with van der Waals surface area (Å²) in [5.41, 5.74) is 1.66. The summed E-state index contributed by atoms with van der Waals surface area (Å²) >= 11 is 0. The van der Waals surface area contributed by atoms with Crippen LogP contribution in [0.15, 0.2) is 24.3 Å². The van der Waals surface area contributed by atoms with Gasteiger partial charge < -0.3 is 10.1 Å². The van der Waals surface area contributed by atoms with Gasteiger partial charge in [-0.25, -0.2) is 0 Å². The van der Waals surface area contributed by atoms with Gasteiger partial charge in [0.15, 0.2) is 0 Å². The van der Waals surface area contributed by atoms with Gasteiger partial charge in [0.2, 0.25) is 0 Å². The quantitative estimate of drug-likeness (QED) is 0.887. The Balaban J connectivity index is 2.08. The molecule has 1 aromatic carbocycles. The van der Waals surface area contributed by atoms with Gasteiger partial charge in [0.25, 0.3) is 0 Å². The molecule has 2 rings (SSSR count). The fraction of sp³-hybridized carbons (Fsp3) is 0.647. The van der Waals surface area contributed by atoms with Gasteiger partial charge in [-0.2, -0.15) is 0 Å². The van der Waals surface area contributed by atoms with Crippen LogP contribution in [0.3, 0.4) is 0 Å². The van der Waals surface area contributed by atoms with Crippen LogP contribution in [0.25, 0.3) is 0 Å². The molecule has 2 nitrogen and oxygen atoms in total. The number of hydrogen-bond acceptors (Lipinski definition) is 2. The summed E-state index contributed by atoms with van der Waals surface area (Å²) in [7, 11) is 0. The second-order valence-electron chi connectivity index (χ2n) is 6.98. The maximum Gasteiger partial charge on any atom is 0.124 e. The molecule has 1 aliphatic heterocycles. The molecule has 1 aliphatic rings. The highest BCUT2D eigenvalue weighted by atomic mass is 16.5. The van der Waals surface area contributed by atoms with Gasteiger partial charge in [0.05, 0.1) is 6.61 Å². The van der Waals surface area contributed by atoms with Crippen LogP contribution in [-0.2, 0) is 0 Å². The van der Waals surface area contributed by atoms with E-state index in [1.54, 1.807) is 0 Å². The van der Waals surface area contributed by atoms with Crippen molar-refractivity contribution >= 4 is 0 Å². The number of fused-ring (bicyclic) bond motifs is 1. The minimum atomic E-state index is 0.348. The minimum Gasteiger partial charge on any atom is -0.493 e. The summed E-state index contributed by atoms with van der Waals surface area (Å²) < 4.78 is 5.80. The average Bonchev–Trinajstić information content (AvgIpc) is 2.36. The van der Waals surface area contributed by atoms with Crippen molar-refractivity contribution in [3.05, 3.63) is 29.8 Å². The molecule has 0 aliphatic carbocycles. The van der Waals surface area contributed by atoms with Gasteiger partial charge in [-0.1, -0.05) is 52.8 Å². The zero-order chi connectivity index (χ0) is 14.0. The third-order valence-electron chi connectivity index (χ3n) is 4.45. The van der Waals surface area contributed by atoms with E-state index >= 15 is 0 Å². The average molecular weight is 261 g/mol. The normalized spacial score (nSPS) is 24.5. The maximum atomic E-state index is 5.80. The van der Waals surface area contributed by atoms with Gasteiger partial charge in [0, 0.05) is 17.5 Å². The van der Waals surface area contributed by atoms with E-state index in [0.29, 0.717) is 23.3 Å². The topological polar surface area (TPSA) is 21.3 Å². The van der Waals surface area contributed by atoms with Gasteiger partial charge >= 0.3 is 0 Å². The summed E-state index contributed by atoms with van der Waals surface area (Å²) in [5.74, 6) is 2.21. The highest BCUT2D eigenvalue weighted by Crippen LogP contribution is 2.35. The van der Waals surface area contributed by atoms with Gasteiger partial charge in [-0.05, 0) is 23.9 Å². The molecule has 0 bridgehead atoms. The Labute approximate surface area is 117 Å². The van der Waals surface area contributed by atoms with Crippen molar-refractivity contribution in [3.8, 4) is 5.75 Å². The third kappa shape index (κ3) is 3.30. The van der Waals surface area contributed by atoms with Crippen LogP contribution in [0.1, 0.15) is 46.2 Å². The van der Waals surface area contributed by atoms with E-state index in [-0.39, 0.29) is 0 Å². The Bertz CT molecular complexity index is 422. The molecule has 0 aromatic heterocycles. The Morgan fingerprint density at radius 1 is 1.32 bits per heavy atom. The standard InChI is InChI=1S/C17H27NO/c1-12-11-19-15-9-7-6-8-14(15)16(12)18-10-13(2)17(3,4)5/h6-9,12-13,16,18H,10-11H2,1-5H3. The number of rotatable bonds is 3. The molecule has 3 atom stereocenters. The molecule has 106 valence electrons. The van der Waals surface area contributed by atoms with Gasteiger partial charge in [-0.15, -0.1) is 0 Å². The fourth-order valence-corrected chi connectivity index (χ4v) is 2.41. The lowest BCUT2D eigenvalue weighted by Crippen LogP contribution is -2.38. The zero-order valence-electron chi connectivity index (χ0n) is 12.9. The lowest BCUT2D eigenvalue weighted by molar-refractivity contribution is 0.173. The summed E-state index contributed by atoms with van der Waals surface area (Å²) in [6.45, 7) is 13.4. The molecule has 19 heavy (non-hydrogen) atoms. The molecule has 0 spiro atoms. The van der Waals surface area contributed by atoms with Gasteiger partial charge in [-0.3, -0.25) is 0 Å². The van der Waals surface area contributed by atoms with Gasteiger partial charge in [0.1, 0.15) is 5.75 Å². The Hall–Kier alpha value is -1.02. The summed E-state index contributed by atoms with van der Waals surface area (Å²) in [6.07, 6.45) is 0. The molecule has 1 aromatic rings. The Morgan fingerprint density at radius 2 is 2.00 bits per heavy atom. The molecule has 0 radical (unpaired) electrons. The van der Waals surface area contributed by atoms with E-state index in [1.807, 2.05) is 6.07 Å². The second kappa shape index (κ2) is 5.54. The number of benzene rings is 1. The minimum absolute atomic E-state index is 0.348. The monoisotopic (exact) mass is 261 g/mol. The van der Waals surface area contributed by atoms with E-state index in [1.165, 1.54) is 5.56 Å². The van der Waals surface area contributed by atoms with Crippen LogP contribution in [0.4, 0.5) is 0 Å². The SMILES string of the molecule is CC1COc2ccccc2C1NCC(C)C(C)(C)C. The molecular weight excluding hydrogens is 234 g/mol. The van der Waals surface area contributed by atoms with Crippen LogP contribution >= 0.6 is 0 Å². The molecule has 0 fully saturated rings. The maximum absolute atomic E-state index is 5.80. The van der Waals surface area contributed by atoms with E-state index < -0.39 is 0 Å². The van der Waals surface area contributed by atoms with Crippen LogP contribution in [0, 0.1) is 17.3 Å². The summed E-state index contributed by atoms with van der Waals surface area (Å²) in [5, 5.41) is 3.75. The second-order valence-corrected chi connectivity index (χ2v) is 6.98. The van der Waals surface area contributed by atoms with Crippen molar-refractivity contribution in [3.63, 3.8) is 0 Å². The number of nitrogens with one attached hydrogen (secondary N) is 1. The molecule has 0 saturated heterocycles. The molecule has 1 heterocycles. The number of para-hydroxylation sites is 1. The van der Waals surface area contributed by atoms with Crippen molar-refractivity contribution in [2.45, 2.75) is 40.7 Å². The lowest BCUT2D eigenvalue weighted by Gasteiger charge is -2.35. The van der Waals surface area contributed by atoms with Crippen molar-refractivity contribution in [2.75, 3.05) is 13.2 Å². The van der Waals surface area contributed by atoms with Crippen LogP contribution in [0.2, 0.25) is 0 Å². The van der Waals surface area contributed by atoms with E-state index in [2.05, 4.69) is 58.1 Å². The molecule has 2 heteroatoms. The molecule has 0 saturated carbocycles. The van der Waals surface area contributed by atoms with Crippen molar-refractivity contribution in [1.29, 1.82) is 0 Å². The first kappa shape index (κ1) is 14.4. The predicted octanol–water partition coefficient (Wildman–Crippen LogP) is 4.03. The van der Waals surface area contributed by atoms with Crippen molar-refractivity contribution in [1.82, 2.24) is 5.32 Å². The predicted molar refractivity (Wildman–Crippen MR) is 80.5 cm³/mol. The van der Waals surface area contributed by atoms with Crippen LogP contribution < -0.4 is 10.1 Å². The zero-order valence-corrected chi connectivity index (χ0v) is 12.9. The molecule has 1 N–H and O–H groups in total. The molecule has 3 unspecified atom stereocenters. The van der Waals surface area contributed by atoms with E-state index in [4.69, 9.17) is 4.74 Å². The third-order valence-corrected chi connectivity index (χ3v) is 4.45. The largest absolute Gasteiger partial charge is 0.493 e. The molecule has 0 amide bonds. The smallest absolute Gasteiger partial charge is 0.124 e. The molecular formula is C17H27NO.